The van der Waals surface area contributed by atoms with Crippen molar-refractivity contribution in [1.29, 1.82) is 0 Å². The van der Waals surface area contributed by atoms with Gasteiger partial charge in [-0.25, -0.2) is 0 Å². The molecule has 2 aliphatic rings. The van der Waals surface area contributed by atoms with E-state index in [9.17, 15) is 9.59 Å². The number of nitrogens with zero attached hydrogens (tertiary/aromatic N) is 1. The highest BCUT2D eigenvalue weighted by atomic mass is 16.4. The van der Waals surface area contributed by atoms with Crippen LogP contribution in [0.25, 0.3) is 0 Å². The van der Waals surface area contributed by atoms with Crippen molar-refractivity contribution >= 4 is 11.8 Å². The fraction of sp³-hybridized carbons (Fsp3) is 0.579. The summed E-state index contributed by atoms with van der Waals surface area (Å²) in [6, 6.07) is 5.99. The number of hydrogen-bond acceptors (Lipinski definition) is 3. The predicted molar refractivity (Wildman–Crippen MR) is 88.8 cm³/mol. The molecule has 124 valence electrons. The number of carboxylic acids is 1. The molecule has 1 atom stereocenters. The summed E-state index contributed by atoms with van der Waals surface area (Å²) < 4.78 is 0. The molecule has 0 amide bonds. The molecule has 1 aliphatic heterocycles. The monoisotopic (exact) mass is 315 g/mol. The third kappa shape index (κ3) is 3.47. The standard InChI is InChI=1S/C19H25NO3/c1-13(20-10-8-15(9-11-20)19(22)23)18(21)17-7-6-14-4-2-3-5-16(14)12-17/h6-7,12-13,15H,2-5,8-11H2,1H3,(H,22,23). The first-order valence-corrected chi connectivity index (χ1v) is 8.69. The number of hydrogen-bond donors (Lipinski definition) is 1. The summed E-state index contributed by atoms with van der Waals surface area (Å²) in [7, 11) is 0. The first-order chi connectivity index (χ1) is 11.1. The van der Waals surface area contributed by atoms with Crippen molar-refractivity contribution in [1.82, 2.24) is 4.90 Å². The zero-order chi connectivity index (χ0) is 16.4. The Morgan fingerprint density at radius 2 is 1.78 bits per heavy atom. The maximum Gasteiger partial charge on any atom is 0.306 e. The van der Waals surface area contributed by atoms with E-state index in [0.717, 1.165) is 18.4 Å². The summed E-state index contributed by atoms with van der Waals surface area (Å²) in [4.78, 5) is 26.0. The molecule has 3 rings (SSSR count). The Morgan fingerprint density at radius 1 is 1.13 bits per heavy atom. The molecule has 0 radical (unpaired) electrons. The van der Waals surface area contributed by atoms with Crippen LogP contribution in [-0.4, -0.2) is 40.9 Å². The van der Waals surface area contributed by atoms with Gasteiger partial charge in [-0.15, -0.1) is 0 Å². The number of likely N-dealkylation sites (tertiary alicyclic amines) is 1. The van der Waals surface area contributed by atoms with Crippen LogP contribution in [0.1, 0.15) is 54.1 Å². The number of carbonyl (C=O) groups is 2. The Labute approximate surface area is 137 Å². The van der Waals surface area contributed by atoms with E-state index in [0.29, 0.717) is 25.9 Å². The largest absolute Gasteiger partial charge is 0.481 e. The average molecular weight is 315 g/mol. The lowest BCUT2D eigenvalue weighted by Gasteiger charge is -2.34. The lowest BCUT2D eigenvalue weighted by Crippen LogP contribution is -2.45. The third-order valence-corrected chi connectivity index (χ3v) is 5.44. The summed E-state index contributed by atoms with van der Waals surface area (Å²) >= 11 is 0. The predicted octanol–water partition coefficient (Wildman–Crippen LogP) is 2.93. The molecular formula is C19H25NO3. The third-order valence-electron chi connectivity index (χ3n) is 5.44. The summed E-state index contributed by atoms with van der Waals surface area (Å²) in [6.45, 7) is 3.33. The Balaban J connectivity index is 1.67. The Hall–Kier alpha value is -1.68. The highest BCUT2D eigenvalue weighted by Crippen LogP contribution is 2.24. The van der Waals surface area contributed by atoms with E-state index in [1.54, 1.807) is 0 Å². The van der Waals surface area contributed by atoms with Gasteiger partial charge in [0.2, 0.25) is 0 Å². The van der Waals surface area contributed by atoms with Crippen molar-refractivity contribution in [2.45, 2.75) is 51.5 Å². The zero-order valence-electron chi connectivity index (χ0n) is 13.8. The van der Waals surface area contributed by atoms with Crippen LogP contribution in [0.15, 0.2) is 18.2 Å². The molecule has 1 aromatic carbocycles. The van der Waals surface area contributed by atoms with Crippen LogP contribution >= 0.6 is 0 Å². The number of aliphatic carboxylic acids is 1. The number of piperidine rings is 1. The van der Waals surface area contributed by atoms with Crippen LogP contribution < -0.4 is 0 Å². The number of benzene rings is 1. The quantitative estimate of drug-likeness (QED) is 0.868. The maximum absolute atomic E-state index is 12.8. The normalized spacial score (nSPS) is 20.7. The van der Waals surface area contributed by atoms with E-state index in [1.165, 1.54) is 24.0 Å². The lowest BCUT2D eigenvalue weighted by atomic mass is 9.88. The molecule has 1 unspecified atom stereocenters. The van der Waals surface area contributed by atoms with Gasteiger partial charge in [-0.3, -0.25) is 14.5 Å². The molecule has 1 aliphatic carbocycles. The molecule has 1 heterocycles. The number of rotatable bonds is 4. The molecule has 1 saturated heterocycles. The van der Waals surface area contributed by atoms with Gasteiger partial charge in [0.15, 0.2) is 5.78 Å². The molecule has 4 heteroatoms. The molecule has 0 saturated carbocycles. The molecular weight excluding hydrogens is 290 g/mol. The van der Waals surface area contributed by atoms with Crippen molar-refractivity contribution in [2.24, 2.45) is 5.92 Å². The van der Waals surface area contributed by atoms with Crippen molar-refractivity contribution in [3.63, 3.8) is 0 Å². The van der Waals surface area contributed by atoms with Gasteiger partial charge in [0.05, 0.1) is 12.0 Å². The van der Waals surface area contributed by atoms with E-state index < -0.39 is 5.97 Å². The van der Waals surface area contributed by atoms with E-state index in [2.05, 4.69) is 17.0 Å². The second kappa shape index (κ2) is 6.83. The second-order valence-electron chi connectivity index (χ2n) is 6.88. The van der Waals surface area contributed by atoms with Crippen molar-refractivity contribution in [3.8, 4) is 0 Å². The smallest absolute Gasteiger partial charge is 0.306 e. The Kier molecular flexibility index (Phi) is 4.81. The van der Waals surface area contributed by atoms with Crippen LogP contribution in [-0.2, 0) is 17.6 Å². The minimum absolute atomic E-state index is 0.159. The molecule has 0 bridgehead atoms. The van der Waals surface area contributed by atoms with Crippen LogP contribution in [0.4, 0.5) is 0 Å². The highest BCUT2D eigenvalue weighted by molar-refractivity contribution is 6.00. The Bertz CT molecular complexity index is 603. The number of carbonyl (C=O) groups excluding carboxylic acids is 1. The van der Waals surface area contributed by atoms with E-state index in [4.69, 9.17) is 5.11 Å². The van der Waals surface area contributed by atoms with Crippen LogP contribution in [0.5, 0.6) is 0 Å². The van der Waals surface area contributed by atoms with Crippen LogP contribution in [0.3, 0.4) is 0 Å². The van der Waals surface area contributed by atoms with Gasteiger partial charge in [0.25, 0.3) is 0 Å². The van der Waals surface area contributed by atoms with E-state index in [-0.39, 0.29) is 17.7 Å². The van der Waals surface area contributed by atoms with Crippen molar-refractivity contribution in [2.75, 3.05) is 13.1 Å². The maximum atomic E-state index is 12.8. The number of ketones is 1. The van der Waals surface area contributed by atoms with Gasteiger partial charge in [-0.1, -0.05) is 12.1 Å². The van der Waals surface area contributed by atoms with Gasteiger partial charge >= 0.3 is 5.97 Å². The van der Waals surface area contributed by atoms with E-state index >= 15 is 0 Å². The highest BCUT2D eigenvalue weighted by Gasteiger charge is 2.30. The lowest BCUT2D eigenvalue weighted by molar-refractivity contribution is -0.143. The van der Waals surface area contributed by atoms with Gasteiger partial charge in [0, 0.05) is 5.56 Å². The van der Waals surface area contributed by atoms with Gasteiger partial charge < -0.3 is 5.11 Å². The van der Waals surface area contributed by atoms with Crippen molar-refractivity contribution in [3.05, 3.63) is 34.9 Å². The molecule has 4 nitrogen and oxygen atoms in total. The fourth-order valence-electron chi connectivity index (χ4n) is 3.83. The molecule has 1 aromatic rings. The van der Waals surface area contributed by atoms with Crippen molar-refractivity contribution < 1.29 is 14.7 Å². The number of fused-ring (bicyclic) bond motifs is 1. The van der Waals surface area contributed by atoms with Crippen LogP contribution in [0, 0.1) is 5.92 Å². The molecule has 0 spiro atoms. The first kappa shape index (κ1) is 16.2. The van der Waals surface area contributed by atoms with Crippen LogP contribution in [0.2, 0.25) is 0 Å². The average Bonchev–Trinajstić information content (AvgIpc) is 2.60. The van der Waals surface area contributed by atoms with Gasteiger partial charge in [-0.2, -0.15) is 0 Å². The number of carboxylic acid groups (broad SMARTS) is 1. The molecule has 1 N–H and O–H groups in total. The Morgan fingerprint density at radius 3 is 2.43 bits per heavy atom. The summed E-state index contributed by atoms with van der Waals surface area (Å²) in [6.07, 6.45) is 5.93. The first-order valence-electron chi connectivity index (χ1n) is 8.69. The zero-order valence-corrected chi connectivity index (χ0v) is 13.8. The van der Waals surface area contributed by atoms with Gasteiger partial charge in [0.1, 0.15) is 0 Å². The second-order valence-corrected chi connectivity index (χ2v) is 6.88. The van der Waals surface area contributed by atoms with E-state index in [1.807, 2.05) is 13.0 Å². The SMILES string of the molecule is CC(C(=O)c1ccc2c(c1)CCCC2)N1CCC(C(=O)O)CC1. The van der Waals surface area contributed by atoms with Gasteiger partial charge in [-0.05, 0) is 75.7 Å². The molecule has 0 aromatic heterocycles. The summed E-state index contributed by atoms with van der Waals surface area (Å²) in [5.41, 5.74) is 3.53. The minimum Gasteiger partial charge on any atom is -0.481 e. The molecule has 23 heavy (non-hydrogen) atoms. The topological polar surface area (TPSA) is 57.6 Å². The fourth-order valence-corrected chi connectivity index (χ4v) is 3.83. The number of Topliss-reactive ketones (excluding diaryl/α,β-unsaturated/α-hetero) is 1. The summed E-state index contributed by atoms with van der Waals surface area (Å²) in [5, 5.41) is 9.08. The number of aryl methyl sites for hydroxylation is 2. The minimum atomic E-state index is -0.710. The summed E-state index contributed by atoms with van der Waals surface area (Å²) in [5.74, 6) is -0.803. The molecule has 1 fully saturated rings.